The molecule has 1 aromatic rings. The van der Waals surface area contributed by atoms with Gasteiger partial charge in [0.2, 0.25) is 0 Å². The molecule has 0 aliphatic carbocycles. The molecule has 1 aliphatic heterocycles. The first-order valence-electron chi connectivity index (χ1n) is 3.33. The Morgan fingerprint density at radius 1 is 1.82 bits per heavy atom. The van der Waals surface area contributed by atoms with E-state index in [1.54, 1.807) is 0 Å². The zero-order valence-electron chi connectivity index (χ0n) is 5.69. The monoisotopic (exact) mass is 155 g/mol. The van der Waals surface area contributed by atoms with Crippen LogP contribution < -0.4 is 4.68 Å². The highest BCUT2D eigenvalue weighted by molar-refractivity contribution is 5.70. The lowest BCUT2D eigenvalue weighted by molar-refractivity contribution is -0.761. The summed E-state index contributed by atoms with van der Waals surface area (Å²) in [5.41, 5.74) is 0. The van der Waals surface area contributed by atoms with Crippen LogP contribution >= 0.6 is 0 Å². The molecule has 11 heavy (non-hydrogen) atoms. The summed E-state index contributed by atoms with van der Waals surface area (Å²) in [4.78, 5) is 10.6. The number of hydrogen-bond donors (Lipinski definition) is 2. The number of aromatic amines is 1. The van der Waals surface area contributed by atoms with E-state index in [1.165, 1.54) is 4.68 Å². The van der Waals surface area contributed by atoms with Crippen molar-refractivity contribution in [1.29, 1.82) is 0 Å². The minimum Gasteiger partial charge on any atom is -0.479 e. The van der Waals surface area contributed by atoms with E-state index in [9.17, 15) is 4.79 Å². The predicted molar refractivity (Wildman–Crippen MR) is 31.6 cm³/mol. The van der Waals surface area contributed by atoms with Gasteiger partial charge in [-0.05, 0) is 0 Å². The maximum Gasteiger partial charge on any atom is 0.343 e. The van der Waals surface area contributed by atoms with Crippen LogP contribution in [0.3, 0.4) is 0 Å². The number of tetrazole rings is 1. The van der Waals surface area contributed by atoms with Crippen LogP contribution in [0.2, 0.25) is 0 Å². The lowest BCUT2D eigenvalue weighted by Gasteiger charge is -1.97. The quantitative estimate of drug-likeness (QED) is 0.492. The van der Waals surface area contributed by atoms with Crippen molar-refractivity contribution < 1.29 is 14.6 Å². The van der Waals surface area contributed by atoms with Gasteiger partial charge in [0.1, 0.15) is 5.10 Å². The number of nitrogens with one attached hydrogen (secondary N) is 1. The summed E-state index contributed by atoms with van der Waals surface area (Å²) >= 11 is 0. The molecular formula is C5H7N4O2+. The molecule has 2 N–H and O–H groups in total. The van der Waals surface area contributed by atoms with Crippen molar-refractivity contribution in [1.82, 2.24) is 15.5 Å². The van der Waals surface area contributed by atoms with Crippen LogP contribution in [0, 0.1) is 0 Å². The number of aryl methyl sites for hydroxylation is 1. The molecule has 1 aromatic heterocycles. The third kappa shape index (κ3) is 0.787. The Kier molecular flexibility index (Phi) is 1.14. The van der Waals surface area contributed by atoms with E-state index in [0.717, 1.165) is 5.82 Å². The zero-order chi connectivity index (χ0) is 7.84. The molecule has 1 atom stereocenters. The van der Waals surface area contributed by atoms with Crippen molar-refractivity contribution in [2.75, 3.05) is 0 Å². The van der Waals surface area contributed by atoms with Gasteiger partial charge in [-0.1, -0.05) is 5.21 Å². The normalized spacial score (nSPS) is 21.6. The Labute approximate surface area is 61.8 Å². The van der Waals surface area contributed by atoms with E-state index in [2.05, 4.69) is 15.5 Å². The van der Waals surface area contributed by atoms with Gasteiger partial charge in [-0.2, -0.15) is 0 Å². The number of hydrogen-bond acceptors (Lipinski definition) is 3. The number of carbonyl (C=O) groups is 1. The number of aromatic nitrogens is 4. The number of H-pyrrole nitrogens is 1. The highest BCUT2D eigenvalue weighted by Crippen LogP contribution is 2.13. The van der Waals surface area contributed by atoms with Crippen LogP contribution in [0.1, 0.15) is 18.3 Å². The van der Waals surface area contributed by atoms with Crippen molar-refractivity contribution in [2.45, 2.75) is 18.9 Å². The van der Waals surface area contributed by atoms with Crippen molar-refractivity contribution in [2.24, 2.45) is 0 Å². The van der Waals surface area contributed by atoms with Crippen LogP contribution in [-0.2, 0) is 11.2 Å². The molecule has 0 fully saturated rings. The van der Waals surface area contributed by atoms with Crippen molar-refractivity contribution in [3.8, 4) is 0 Å². The van der Waals surface area contributed by atoms with Crippen molar-refractivity contribution >= 4 is 5.97 Å². The second kappa shape index (κ2) is 2.01. The van der Waals surface area contributed by atoms with Crippen LogP contribution in [0.5, 0.6) is 0 Å². The highest BCUT2D eigenvalue weighted by Gasteiger charge is 2.35. The van der Waals surface area contributed by atoms with Gasteiger partial charge in [0, 0.05) is 12.8 Å². The summed E-state index contributed by atoms with van der Waals surface area (Å²) in [6, 6.07) is -0.500. The van der Waals surface area contributed by atoms with Crippen molar-refractivity contribution in [3.05, 3.63) is 5.82 Å². The van der Waals surface area contributed by atoms with E-state index in [1.807, 2.05) is 0 Å². The number of fused-ring (bicyclic) bond motifs is 1. The molecule has 0 radical (unpaired) electrons. The Morgan fingerprint density at radius 2 is 2.64 bits per heavy atom. The molecule has 58 valence electrons. The van der Waals surface area contributed by atoms with E-state index < -0.39 is 12.0 Å². The highest BCUT2D eigenvalue weighted by atomic mass is 16.4. The van der Waals surface area contributed by atoms with Gasteiger partial charge in [0.15, 0.2) is 11.3 Å². The summed E-state index contributed by atoms with van der Waals surface area (Å²) in [5, 5.41) is 18.4. The fraction of sp³-hybridized carbons (Fsp3) is 0.600. The van der Waals surface area contributed by atoms with Gasteiger partial charge >= 0.3 is 11.8 Å². The first kappa shape index (κ1) is 6.26. The summed E-state index contributed by atoms with van der Waals surface area (Å²) in [7, 11) is 0. The van der Waals surface area contributed by atoms with Gasteiger partial charge in [0.05, 0.1) is 0 Å². The smallest absolute Gasteiger partial charge is 0.343 e. The standard InChI is InChI=1S/C5H6N4O2/c10-5(11)3-1-2-4-6-7-8-9(3)4/h3H,1-2H2,(H,10,11)/p+1. The number of nitrogens with zero attached hydrogens (tertiary/aromatic N) is 3. The van der Waals surface area contributed by atoms with Gasteiger partial charge < -0.3 is 5.11 Å². The van der Waals surface area contributed by atoms with Crippen LogP contribution in [-0.4, -0.2) is 26.6 Å². The summed E-state index contributed by atoms with van der Waals surface area (Å²) in [5.74, 6) is -0.114. The Bertz CT molecular complexity index is 294. The van der Waals surface area contributed by atoms with Gasteiger partial charge in [-0.3, -0.25) is 0 Å². The molecule has 0 amide bonds. The van der Waals surface area contributed by atoms with E-state index in [-0.39, 0.29) is 0 Å². The molecule has 0 spiro atoms. The second-order valence-electron chi connectivity index (χ2n) is 2.48. The van der Waals surface area contributed by atoms with Crippen LogP contribution in [0.4, 0.5) is 0 Å². The zero-order valence-corrected chi connectivity index (χ0v) is 5.69. The average Bonchev–Trinajstić information content (AvgIpc) is 2.41. The first-order chi connectivity index (χ1) is 5.29. The molecule has 0 saturated carbocycles. The molecule has 6 heteroatoms. The molecule has 2 heterocycles. The Balaban J connectivity index is 2.38. The maximum absolute atomic E-state index is 10.6. The average molecular weight is 155 g/mol. The SMILES string of the molecule is O=C(O)C1CCc2nn[nH][n+]21. The molecule has 1 aliphatic rings. The van der Waals surface area contributed by atoms with Crippen LogP contribution in [0.15, 0.2) is 0 Å². The predicted octanol–water partition coefficient (Wildman–Crippen LogP) is -1.34. The van der Waals surface area contributed by atoms with Crippen molar-refractivity contribution in [3.63, 3.8) is 0 Å². The fourth-order valence-corrected chi connectivity index (χ4v) is 1.28. The van der Waals surface area contributed by atoms with E-state index >= 15 is 0 Å². The maximum atomic E-state index is 10.6. The molecule has 0 bridgehead atoms. The number of carboxylic acid groups (broad SMARTS) is 1. The number of carboxylic acids is 1. The van der Waals surface area contributed by atoms with Gasteiger partial charge in [-0.15, -0.1) is 4.68 Å². The topological polar surface area (TPSA) is 82.8 Å². The molecule has 0 saturated heterocycles. The van der Waals surface area contributed by atoms with Gasteiger partial charge in [0.25, 0.3) is 0 Å². The Hall–Kier alpha value is -1.46. The lowest BCUT2D eigenvalue weighted by Crippen LogP contribution is -2.43. The summed E-state index contributed by atoms with van der Waals surface area (Å²) in [6.45, 7) is 0. The minimum absolute atomic E-state index is 0.500. The largest absolute Gasteiger partial charge is 0.479 e. The molecule has 1 unspecified atom stereocenters. The second-order valence-corrected chi connectivity index (χ2v) is 2.48. The van der Waals surface area contributed by atoms with Gasteiger partial charge in [-0.25, -0.2) is 4.79 Å². The van der Waals surface area contributed by atoms with E-state index in [4.69, 9.17) is 5.11 Å². The molecular weight excluding hydrogens is 148 g/mol. The first-order valence-corrected chi connectivity index (χ1v) is 3.33. The summed E-state index contributed by atoms with van der Waals surface area (Å²) < 4.78 is 1.49. The lowest BCUT2D eigenvalue weighted by atomic mass is 10.2. The third-order valence-electron chi connectivity index (χ3n) is 1.83. The molecule has 6 nitrogen and oxygen atoms in total. The minimum atomic E-state index is -0.834. The molecule has 2 rings (SSSR count). The summed E-state index contributed by atoms with van der Waals surface area (Å²) in [6.07, 6.45) is 1.30. The van der Waals surface area contributed by atoms with E-state index in [0.29, 0.717) is 12.8 Å². The van der Waals surface area contributed by atoms with Crippen LogP contribution in [0.25, 0.3) is 0 Å². The number of rotatable bonds is 1. The fourth-order valence-electron chi connectivity index (χ4n) is 1.28. The number of aliphatic carboxylic acids is 1. The third-order valence-corrected chi connectivity index (χ3v) is 1.83. The Morgan fingerprint density at radius 3 is 3.36 bits per heavy atom. The molecule has 0 aromatic carbocycles.